The summed E-state index contributed by atoms with van der Waals surface area (Å²) < 4.78 is 2.03. The highest BCUT2D eigenvalue weighted by Gasteiger charge is 2.24. The smallest absolute Gasteiger partial charge is 0.242 e. The minimum absolute atomic E-state index is 0.212. The molecule has 1 amide bonds. The van der Waals surface area contributed by atoms with E-state index in [9.17, 15) is 4.79 Å². The van der Waals surface area contributed by atoms with Gasteiger partial charge in [0.05, 0.1) is 11.0 Å². The second-order valence-electron chi connectivity index (χ2n) is 5.67. The van der Waals surface area contributed by atoms with E-state index in [1.165, 1.54) is 6.42 Å². The first-order valence-electron chi connectivity index (χ1n) is 7.38. The zero-order chi connectivity index (χ0) is 14.1. The number of benzene rings is 1. The highest BCUT2D eigenvalue weighted by molar-refractivity contribution is 5.81. The lowest BCUT2D eigenvalue weighted by Gasteiger charge is -2.33. The lowest BCUT2D eigenvalue weighted by molar-refractivity contribution is -0.135. The molecule has 0 saturated carbocycles. The summed E-state index contributed by atoms with van der Waals surface area (Å²) in [4.78, 5) is 19.1. The highest BCUT2D eigenvalue weighted by Crippen LogP contribution is 2.19. The monoisotopic (exact) mass is 271 g/mol. The summed E-state index contributed by atoms with van der Waals surface area (Å²) in [6, 6.07) is 8.36. The van der Waals surface area contributed by atoms with Crippen LogP contribution in [0.3, 0.4) is 0 Å². The largest absolute Gasteiger partial charge is 0.338 e. The van der Waals surface area contributed by atoms with Crippen molar-refractivity contribution in [3.63, 3.8) is 0 Å². The predicted molar refractivity (Wildman–Crippen MR) is 79.5 cm³/mol. The Hall–Kier alpha value is -1.84. The minimum atomic E-state index is 0.212. The molecule has 1 aromatic heterocycles. The van der Waals surface area contributed by atoms with E-state index >= 15 is 0 Å². The minimum Gasteiger partial charge on any atom is -0.338 e. The molecule has 0 N–H and O–H groups in total. The van der Waals surface area contributed by atoms with Gasteiger partial charge in [0.2, 0.25) is 5.91 Å². The van der Waals surface area contributed by atoms with Gasteiger partial charge in [0.15, 0.2) is 0 Å². The lowest BCUT2D eigenvalue weighted by atomic mass is 10.0. The van der Waals surface area contributed by atoms with Crippen molar-refractivity contribution in [3.05, 3.63) is 30.1 Å². The van der Waals surface area contributed by atoms with Crippen LogP contribution in [0.1, 0.15) is 32.0 Å². The second-order valence-corrected chi connectivity index (χ2v) is 5.67. The normalized spacial score (nSPS) is 19.5. The van der Waals surface area contributed by atoms with Crippen molar-refractivity contribution < 1.29 is 4.79 Å². The Morgan fingerprint density at radius 3 is 2.95 bits per heavy atom. The van der Waals surface area contributed by atoms with Crippen molar-refractivity contribution in [1.82, 2.24) is 14.5 Å². The van der Waals surface area contributed by atoms with Crippen LogP contribution in [-0.4, -0.2) is 32.9 Å². The molecule has 0 aliphatic carbocycles. The molecule has 0 spiro atoms. The van der Waals surface area contributed by atoms with Gasteiger partial charge >= 0.3 is 0 Å². The van der Waals surface area contributed by atoms with Crippen LogP contribution in [0.4, 0.5) is 0 Å². The number of imidazole rings is 1. The number of aryl methyl sites for hydroxylation is 1. The summed E-state index contributed by atoms with van der Waals surface area (Å²) >= 11 is 0. The average molecular weight is 271 g/mol. The first-order chi connectivity index (χ1) is 9.66. The zero-order valence-electron chi connectivity index (χ0n) is 12.2. The molecule has 3 rings (SSSR count). The van der Waals surface area contributed by atoms with Crippen LogP contribution in [0, 0.1) is 6.92 Å². The zero-order valence-corrected chi connectivity index (χ0v) is 12.2. The van der Waals surface area contributed by atoms with Crippen molar-refractivity contribution >= 4 is 16.9 Å². The number of hydrogen-bond acceptors (Lipinski definition) is 2. The van der Waals surface area contributed by atoms with Crippen LogP contribution in [0.2, 0.25) is 0 Å². The van der Waals surface area contributed by atoms with Crippen molar-refractivity contribution in [2.45, 2.75) is 45.7 Å². The fourth-order valence-corrected chi connectivity index (χ4v) is 3.09. The van der Waals surface area contributed by atoms with E-state index in [2.05, 4.69) is 11.9 Å². The third kappa shape index (κ3) is 2.30. The molecule has 1 saturated heterocycles. The van der Waals surface area contributed by atoms with Crippen LogP contribution < -0.4 is 0 Å². The molecular formula is C16H21N3O. The number of amides is 1. The SMILES string of the molecule is Cc1nc2ccccc2n1CC(=O)N1CCCC[C@@H]1C. The fraction of sp³-hybridized carbons (Fsp3) is 0.500. The average Bonchev–Trinajstić information content (AvgIpc) is 2.76. The van der Waals surface area contributed by atoms with E-state index in [-0.39, 0.29) is 5.91 Å². The Balaban J connectivity index is 1.85. The molecule has 2 heterocycles. The third-order valence-corrected chi connectivity index (χ3v) is 4.26. The van der Waals surface area contributed by atoms with Gasteiger partial charge in [0, 0.05) is 12.6 Å². The van der Waals surface area contributed by atoms with Gasteiger partial charge in [0.1, 0.15) is 12.4 Å². The predicted octanol–water partition coefficient (Wildman–Crippen LogP) is 2.75. The quantitative estimate of drug-likeness (QED) is 0.842. The van der Waals surface area contributed by atoms with Gasteiger partial charge in [-0.3, -0.25) is 4.79 Å². The Bertz CT molecular complexity index is 632. The van der Waals surface area contributed by atoms with E-state index in [4.69, 9.17) is 0 Å². The standard InChI is InChI=1S/C16H21N3O/c1-12-7-5-6-10-18(12)16(20)11-19-13(2)17-14-8-3-4-9-15(14)19/h3-4,8-9,12H,5-7,10-11H2,1-2H3/t12-/m0/s1. The molecule has 1 aliphatic heterocycles. The van der Waals surface area contributed by atoms with Crippen LogP contribution in [0.15, 0.2) is 24.3 Å². The molecule has 1 aliphatic rings. The van der Waals surface area contributed by atoms with Crippen LogP contribution in [0.5, 0.6) is 0 Å². The maximum absolute atomic E-state index is 12.5. The second kappa shape index (κ2) is 5.27. The molecular weight excluding hydrogens is 250 g/mol. The van der Waals surface area contributed by atoms with E-state index in [0.717, 1.165) is 36.2 Å². The lowest BCUT2D eigenvalue weighted by Crippen LogP contribution is -2.43. The number of aromatic nitrogens is 2. The summed E-state index contributed by atoms with van der Waals surface area (Å²) in [6.45, 7) is 5.41. The van der Waals surface area contributed by atoms with Gasteiger partial charge in [-0.2, -0.15) is 0 Å². The Morgan fingerprint density at radius 1 is 1.35 bits per heavy atom. The first-order valence-corrected chi connectivity index (χ1v) is 7.38. The molecule has 2 aromatic rings. The Labute approximate surface area is 119 Å². The summed E-state index contributed by atoms with van der Waals surface area (Å²) in [5.41, 5.74) is 2.01. The molecule has 1 fully saturated rings. The molecule has 1 aromatic carbocycles. The summed E-state index contributed by atoms with van der Waals surface area (Å²) in [5.74, 6) is 1.12. The number of piperidine rings is 1. The number of para-hydroxylation sites is 2. The van der Waals surface area contributed by atoms with Gasteiger partial charge in [-0.1, -0.05) is 12.1 Å². The molecule has 20 heavy (non-hydrogen) atoms. The van der Waals surface area contributed by atoms with E-state index in [1.807, 2.05) is 40.7 Å². The third-order valence-electron chi connectivity index (χ3n) is 4.26. The number of rotatable bonds is 2. The number of hydrogen-bond donors (Lipinski definition) is 0. The maximum atomic E-state index is 12.5. The van der Waals surface area contributed by atoms with Gasteiger partial charge in [-0.15, -0.1) is 0 Å². The van der Waals surface area contributed by atoms with Gasteiger partial charge in [-0.25, -0.2) is 4.98 Å². The molecule has 1 atom stereocenters. The van der Waals surface area contributed by atoms with Gasteiger partial charge < -0.3 is 9.47 Å². The van der Waals surface area contributed by atoms with Crippen molar-refractivity contribution in [3.8, 4) is 0 Å². The van der Waals surface area contributed by atoms with E-state index in [1.54, 1.807) is 0 Å². The molecule has 4 nitrogen and oxygen atoms in total. The van der Waals surface area contributed by atoms with Gasteiger partial charge in [-0.05, 0) is 45.2 Å². The topological polar surface area (TPSA) is 38.1 Å². The van der Waals surface area contributed by atoms with Crippen LogP contribution in [-0.2, 0) is 11.3 Å². The Morgan fingerprint density at radius 2 is 2.15 bits per heavy atom. The van der Waals surface area contributed by atoms with Crippen molar-refractivity contribution in [2.24, 2.45) is 0 Å². The number of fused-ring (bicyclic) bond motifs is 1. The molecule has 0 bridgehead atoms. The highest BCUT2D eigenvalue weighted by atomic mass is 16.2. The van der Waals surface area contributed by atoms with E-state index < -0.39 is 0 Å². The van der Waals surface area contributed by atoms with Crippen LogP contribution in [0.25, 0.3) is 11.0 Å². The summed E-state index contributed by atoms with van der Waals surface area (Å²) in [7, 11) is 0. The van der Waals surface area contributed by atoms with Crippen molar-refractivity contribution in [1.29, 1.82) is 0 Å². The summed E-state index contributed by atoms with van der Waals surface area (Å²) in [6.07, 6.45) is 3.48. The van der Waals surface area contributed by atoms with Crippen LogP contribution >= 0.6 is 0 Å². The molecule has 0 radical (unpaired) electrons. The maximum Gasteiger partial charge on any atom is 0.242 e. The number of carbonyl (C=O) groups excluding carboxylic acids is 1. The Kier molecular flexibility index (Phi) is 3.47. The van der Waals surface area contributed by atoms with Gasteiger partial charge in [0.25, 0.3) is 0 Å². The van der Waals surface area contributed by atoms with Crippen molar-refractivity contribution in [2.75, 3.05) is 6.54 Å². The number of likely N-dealkylation sites (tertiary alicyclic amines) is 1. The molecule has 0 unspecified atom stereocenters. The number of nitrogens with zero attached hydrogens (tertiary/aromatic N) is 3. The fourth-order valence-electron chi connectivity index (χ4n) is 3.09. The molecule has 106 valence electrons. The van der Waals surface area contributed by atoms with E-state index in [0.29, 0.717) is 12.6 Å². The first kappa shape index (κ1) is 13.2. The number of carbonyl (C=O) groups is 1. The molecule has 4 heteroatoms. The summed E-state index contributed by atoms with van der Waals surface area (Å²) in [5, 5.41) is 0.